The van der Waals surface area contributed by atoms with Gasteiger partial charge in [-0.15, -0.1) is 0 Å². The molecule has 0 fully saturated rings. The van der Waals surface area contributed by atoms with Gasteiger partial charge in [0.2, 0.25) is 11.8 Å². The molecule has 1 aromatic carbocycles. The second-order valence-electron chi connectivity index (χ2n) is 6.07. The maximum atomic E-state index is 12.6. The van der Waals surface area contributed by atoms with Crippen molar-refractivity contribution in [1.82, 2.24) is 4.90 Å². The van der Waals surface area contributed by atoms with Crippen LogP contribution in [0.4, 0.5) is 5.69 Å². The number of hydrogen-bond donors (Lipinski definition) is 1. The van der Waals surface area contributed by atoms with Crippen molar-refractivity contribution in [2.75, 3.05) is 17.3 Å². The topological polar surface area (TPSA) is 83.6 Å². The van der Waals surface area contributed by atoms with Gasteiger partial charge in [0, 0.05) is 18.5 Å². The van der Waals surface area contributed by atoms with Crippen molar-refractivity contribution in [3.05, 3.63) is 29.8 Å². The van der Waals surface area contributed by atoms with E-state index in [0.717, 1.165) is 11.8 Å². The van der Waals surface area contributed by atoms with Gasteiger partial charge in [-0.25, -0.2) is 8.42 Å². The number of carbonyl (C=O) groups is 2. The Balaban J connectivity index is 2.43. The van der Waals surface area contributed by atoms with E-state index in [1.165, 1.54) is 4.90 Å². The third kappa shape index (κ3) is 4.10. The van der Waals surface area contributed by atoms with Crippen LogP contribution >= 0.6 is 0 Å². The summed E-state index contributed by atoms with van der Waals surface area (Å²) in [7, 11) is -3.46. The quantitative estimate of drug-likeness (QED) is 0.900. The van der Waals surface area contributed by atoms with Gasteiger partial charge >= 0.3 is 0 Å². The number of carbonyl (C=O) groups excluding carboxylic acids is 2. The maximum Gasteiger partial charge on any atom is 0.247 e. The summed E-state index contributed by atoms with van der Waals surface area (Å²) in [5.41, 5.74) is 1.47. The predicted molar refractivity (Wildman–Crippen MR) is 88.6 cm³/mol. The van der Waals surface area contributed by atoms with E-state index in [1.54, 1.807) is 6.07 Å². The number of benzene rings is 1. The third-order valence-corrected chi connectivity index (χ3v) is 4.88. The lowest BCUT2D eigenvalue weighted by atomic mass is 9.96. The Hall–Kier alpha value is -1.89. The Kier molecular flexibility index (Phi) is 5.09. The molecule has 1 aliphatic heterocycles. The molecule has 1 aliphatic rings. The third-order valence-electron chi connectivity index (χ3n) is 4.11. The zero-order chi connectivity index (χ0) is 17.2. The second-order valence-corrected chi connectivity index (χ2v) is 8.21. The molecule has 126 valence electrons. The molecule has 0 saturated carbocycles. The molecule has 2 unspecified atom stereocenters. The molecule has 0 bridgehead atoms. The van der Waals surface area contributed by atoms with Crippen molar-refractivity contribution in [2.24, 2.45) is 5.92 Å². The molecule has 6 nitrogen and oxygen atoms in total. The largest absolute Gasteiger partial charge is 0.325 e. The van der Waals surface area contributed by atoms with Crippen LogP contribution in [0.5, 0.6) is 0 Å². The van der Waals surface area contributed by atoms with E-state index in [4.69, 9.17) is 0 Å². The summed E-state index contributed by atoms with van der Waals surface area (Å²) < 4.78 is 23.0. The highest BCUT2D eigenvalue weighted by Crippen LogP contribution is 2.27. The van der Waals surface area contributed by atoms with E-state index in [1.807, 2.05) is 32.0 Å². The van der Waals surface area contributed by atoms with Crippen LogP contribution in [0.3, 0.4) is 0 Å². The second kappa shape index (κ2) is 6.70. The first-order valence-corrected chi connectivity index (χ1v) is 9.65. The molecule has 1 N–H and O–H groups in total. The zero-order valence-corrected chi connectivity index (χ0v) is 14.4. The van der Waals surface area contributed by atoms with Gasteiger partial charge in [0.15, 0.2) is 9.84 Å². The average Bonchev–Trinajstić information content (AvgIpc) is 2.60. The fourth-order valence-electron chi connectivity index (χ4n) is 2.75. The number of para-hydroxylation sites is 1. The summed E-state index contributed by atoms with van der Waals surface area (Å²) in [6.07, 6.45) is 1.73. The van der Waals surface area contributed by atoms with Gasteiger partial charge in [0.05, 0.1) is 0 Å². The van der Waals surface area contributed by atoms with E-state index in [0.29, 0.717) is 12.1 Å². The van der Waals surface area contributed by atoms with Crippen LogP contribution in [0.15, 0.2) is 24.3 Å². The van der Waals surface area contributed by atoms with E-state index in [9.17, 15) is 18.0 Å². The highest BCUT2D eigenvalue weighted by atomic mass is 32.2. The molecule has 0 aliphatic carbocycles. The van der Waals surface area contributed by atoms with Crippen molar-refractivity contribution >= 4 is 27.3 Å². The number of sulfone groups is 1. The molecular weight excluding hydrogens is 316 g/mol. The van der Waals surface area contributed by atoms with Crippen molar-refractivity contribution in [1.29, 1.82) is 0 Å². The van der Waals surface area contributed by atoms with Crippen LogP contribution in [0, 0.1) is 5.92 Å². The van der Waals surface area contributed by atoms with Crippen LogP contribution in [0.2, 0.25) is 0 Å². The van der Waals surface area contributed by atoms with Crippen molar-refractivity contribution in [2.45, 2.75) is 32.9 Å². The number of rotatable bonds is 4. The number of hydrogen-bond acceptors (Lipinski definition) is 4. The van der Waals surface area contributed by atoms with Gasteiger partial charge in [-0.1, -0.05) is 38.5 Å². The lowest BCUT2D eigenvalue weighted by Gasteiger charge is -2.32. The molecule has 2 rings (SSSR count). The number of nitrogens with one attached hydrogen (secondary N) is 1. The maximum absolute atomic E-state index is 12.6. The van der Waals surface area contributed by atoms with Gasteiger partial charge in [-0.05, 0) is 17.5 Å². The van der Waals surface area contributed by atoms with Crippen molar-refractivity contribution in [3.63, 3.8) is 0 Å². The summed E-state index contributed by atoms with van der Waals surface area (Å²) in [5.74, 6) is -1.47. The molecule has 2 atom stereocenters. The number of fused-ring (bicyclic) bond motifs is 1. The average molecular weight is 338 g/mol. The molecule has 1 heterocycles. The SMILES string of the molecule is CCC(C)C1C(=O)Nc2ccccc2CN1C(=O)CS(C)(=O)=O. The van der Waals surface area contributed by atoms with Crippen LogP contribution in [0.1, 0.15) is 25.8 Å². The van der Waals surface area contributed by atoms with Crippen LogP contribution in [-0.4, -0.2) is 43.2 Å². The Morgan fingerprint density at radius 3 is 2.65 bits per heavy atom. The molecule has 0 aromatic heterocycles. The van der Waals surface area contributed by atoms with Crippen LogP contribution in [-0.2, 0) is 26.0 Å². The summed E-state index contributed by atoms with van der Waals surface area (Å²) in [5, 5.41) is 2.85. The molecule has 0 radical (unpaired) electrons. The minimum Gasteiger partial charge on any atom is -0.325 e. The molecule has 23 heavy (non-hydrogen) atoms. The van der Waals surface area contributed by atoms with Gasteiger partial charge in [-0.2, -0.15) is 0 Å². The zero-order valence-electron chi connectivity index (χ0n) is 13.6. The van der Waals surface area contributed by atoms with Crippen molar-refractivity contribution in [3.8, 4) is 0 Å². The number of anilines is 1. The standard InChI is InChI=1S/C16H22N2O4S/c1-4-11(2)15-16(20)17-13-8-6-5-7-12(13)9-18(15)14(19)10-23(3,21)22/h5-8,11,15H,4,9-10H2,1-3H3,(H,17,20). The Morgan fingerprint density at radius 1 is 1.39 bits per heavy atom. The number of nitrogens with zero attached hydrogens (tertiary/aromatic N) is 1. The minimum absolute atomic E-state index is 0.0761. The fourth-order valence-corrected chi connectivity index (χ4v) is 3.36. The summed E-state index contributed by atoms with van der Waals surface area (Å²) in [6, 6.07) is 6.57. The molecule has 0 spiro atoms. The number of amides is 2. The van der Waals surface area contributed by atoms with Gasteiger partial charge in [0.25, 0.3) is 0 Å². The first-order valence-electron chi connectivity index (χ1n) is 7.59. The van der Waals surface area contributed by atoms with Crippen LogP contribution in [0.25, 0.3) is 0 Å². The molecule has 0 saturated heterocycles. The van der Waals surface area contributed by atoms with E-state index in [2.05, 4.69) is 5.32 Å². The highest BCUT2D eigenvalue weighted by Gasteiger charge is 2.37. The summed E-state index contributed by atoms with van der Waals surface area (Å²) in [4.78, 5) is 26.5. The van der Waals surface area contributed by atoms with Crippen LogP contribution < -0.4 is 5.32 Å². The fraction of sp³-hybridized carbons (Fsp3) is 0.500. The minimum atomic E-state index is -3.46. The van der Waals surface area contributed by atoms with E-state index >= 15 is 0 Å². The smallest absolute Gasteiger partial charge is 0.247 e. The monoisotopic (exact) mass is 338 g/mol. The normalized spacial score (nSPS) is 19.5. The Bertz CT molecular complexity index is 715. The Labute approximate surface area is 136 Å². The molecule has 1 aromatic rings. The molecule has 7 heteroatoms. The Morgan fingerprint density at radius 2 is 2.04 bits per heavy atom. The van der Waals surface area contributed by atoms with Gasteiger partial charge in [0.1, 0.15) is 11.8 Å². The van der Waals surface area contributed by atoms with Crippen molar-refractivity contribution < 1.29 is 18.0 Å². The summed E-state index contributed by atoms with van der Waals surface area (Å²) >= 11 is 0. The van der Waals surface area contributed by atoms with Gasteiger partial charge in [-0.3, -0.25) is 9.59 Å². The first kappa shape index (κ1) is 17.5. The van der Waals surface area contributed by atoms with E-state index < -0.39 is 27.5 Å². The highest BCUT2D eigenvalue weighted by molar-refractivity contribution is 7.91. The molecular formula is C16H22N2O4S. The summed E-state index contributed by atoms with van der Waals surface area (Å²) in [6.45, 7) is 4.05. The van der Waals surface area contributed by atoms with Gasteiger partial charge < -0.3 is 10.2 Å². The van der Waals surface area contributed by atoms with E-state index in [-0.39, 0.29) is 18.4 Å². The lowest BCUT2D eigenvalue weighted by molar-refractivity contribution is -0.138. The predicted octanol–water partition coefficient (Wildman–Crippen LogP) is 1.43. The lowest BCUT2D eigenvalue weighted by Crippen LogP contribution is -2.50. The first-order chi connectivity index (χ1) is 10.7. The molecule has 2 amide bonds.